The number of para-hydroxylation sites is 2. The van der Waals surface area contributed by atoms with Gasteiger partial charge in [-0.15, -0.1) is 0 Å². The SMILES string of the molecule is CCn1c(-c2ccc(-c3ccc(-c4ccc5c(c4)c4ccccc4c4cccc6ccc7cccc5c7c64)cc3)cc2)nc2ccccc21. The second-order valence-electron chi connectivity index (χ2n) is 13.0. The van der Waals surface area contributed by atoms with Crippen molar-refractivity contribution >= 4 is 64.9 Å². The van der Waals surface area contributed by atoms with Crippen LogP contribution in [-0.4, -0.2) is 9.55 Å². The summed E-state index contributed by atoms with van der Waals surface area (Å²) < 4.78 is 2.29. The third-order valence-corrected chi connectivity index (χ3v) is 10.4. The number of benzene rings is 8. The van der Waals surface area contributed by atoms with E-state index in [4.69, 9.17) is 4.98 Å². The minimum atomic E-state index is 0.881. The molecule has 0 spiro atoms. The van der Waals surface area contributed by atoms with Gasteiger partial charge < -0.3 is 4.57 Å². The molecule has 10 aromatic rings. The monoisotopic (exact) mass is 624 g/mol. The molecule has 0 aliphatic heterocycles. The number of rotatable bonds is 4. The van der Waals surface area contributed by atoms with Crippen LogP contribution in [0, 0.1) is 0 Å². The van der Waals surface area contributed by atoms with E-state index in [-0.39, 0.29) is 0 Å². The van der Waals surface area contributed by atoms with Crippen LogP contribution in [-0.2, 0) is 6.54 Å². The number of aromatic nitrogens is 2. The zero-order chi connectivity index (χ0) is 32.5. The average molecular weight is 625 g/mol. The fourth-order valence-electron chi connectivity index (χ4n) is 8.02. The standard InChI is InChI=1S/C47H32N2/c1-2-49-44-16-6-5-15-43(44)48-47(49)35-25-21-31(22-26-35)30-17-19-32(20-18-30)36-27-28-39-41-14-8-10-34-24-23-33-9-7-13-40(45(33)46(34)41)37-11-3-4-12-38(37)42(39)29-36/h3-29H,2H2,1H3. The van der Waals surface area contributed by atoms with Crippen LogP contribution in [0.2, 0.25) is 0 Å². The van der Waals surface area contributed by atoms with E-state index in [2.05, 4.69) is 175 Å². The van der Waals surface area contributed by atoms with Crippen molar-refractivity contribution in [3.05, 3.63) is 164 Å². The first-order valence-electron chi connectivity index (χ1n) is 17.1. The Hall–Kier alpha value is -6.25. The van der Waals surface area contributed by atoms with Crippen molar-refractivity contribution in [2.75, 3.05) is 0 Å². The van der Waals surface area contributed by atoms with Gasteiger partial charge in [-0.05, 0) is 101 Å². The Balaban J connectivity index is 1.09. The highest BCUT2D eigenvalue weighted by Crippen LogP contribution is 2.41. The minimum absolute atomic E-state index is 0.881. The molecule has 0 atom stereocenters. The Morgan fingerprint density at radius 2 is 0.898 bits per heavy atom. The summed E-state index contributed by atoms with van der Waals surface area (Å²) in [6, 6.07) is 60.1. The number of imidazole rings is 1. The second kappa shape index (κ2) is 10.9. The Morgan fingerprint density at radius 3 is 1.53 bits per heavy atom. The highest BCUT2D eigenvalue weighted by Gasteiger charge is 2.14. The largest absolute Gasteiger partial charge is 0.324 e. The lowest BCUT2D eigenvalue weighted by Crippen LogP contribution is -1.97. The topological polar surface area (TPSA) is 17.8 Å². The molecule has 1 aromatic heterocycles. The van der Waals surface area contributed by atoms with Gasteiger partial charge in [-0.3, -0.25) is 0 Å². The van der Waals surface area contributed by atoms with Crippen LogP contribution in [0.5, 0.6) is 0 Å². The molecule has 0 fully saturated rings. The van der Waals surface area contributed by atoms with Crippen LogP contribution in [0.1, 0.15) is 6.92 Å². The van der Waals surface area contributed by atoms with Crippen molar-refractivity contribution in [2.24, 2.45) is 0 Å². The maximum atomic E-state index is 4.95. The van der Waals surface area contributed by atoms with Crippen molar-refractivity contribution in [1.82, 2.24) is 9.55 Å². The number of hydrogen-bond acceptors (Lipinski definition) is 1. The average Bonchev–Trinajstić information content (AvgIpc) is 3.55. The number of fused-ring (bicyclic) bond motifs is 6. The Bertz CT molecular complexity index is 2890. The van der Waals surface area contributed by atoms with Gasteiger partial charge >= 0.3 is 0 Å². The van der Waals surface area contributed by atoms with E-state index in [1.165, 1.54) is 81.6 Å². The molecular formula is C47H32N2. The van der Waals surface area contributed by atoms with Gasteiger partial charge in [-0.25, -0.2) is 4.98 Å². The van der Waals surface area contributed by atoms with Crippen LogP contribution in [0.15, 0.2) is 164 Å². The first-order chi connectivity index (χ1) is 24.2. The highest BCUT2D eigenvalue weighted by molar-refractivity contribution is 6.32. The summed E-state index contributed by atoms with van der Waals surface area (Å²) in [7, 11) is 0. The van der Waals surface area contributed by atoms with Crippen molar-refractivity contribution in [3.8, 4) is 33.6 Å². The summed E-state index contributed by atoms with van der Waals surface area (Å²) in [5, 5.41) is 12.9. The van der Waals surface area contributed by atoms with Gasteiger partial charge in [-0.1, -0.05) is 146 Å². The van der Waals surface area contributed by atoms with Crippen LogP contribution in [0.3, 0.4) is 0 Å². The smallest absolute Gasteiger partial charge is 0.141 e. The molecule has 230 valence electrons. The van der Waals surface area contributed by atoms with Gasteiger partial charge in [-0.2, -0.15) is 0 Å². The van der Waals surface area contributed by atoms with E-state index in [1.807, 2.05) is 0 Å². The zero-order valence-electron chi connectivity index (χ0n) is 27.2. The van der Waals surface area contributed by atoms with Gasteiger partial charge in [0.2, 0.25) is 0 Å². The minimum Gasteiger partial charge on any atom is -0.324 e. The quantitative estimate of drug-likeness (QED) is 0.178. The molecule has 0 unspecified atom stereocenters. The molecule has 0 amide bonds. The predicted molar refractivity (Wildman–Crippen MR) is 209 cm³/mol. The van der Waals surface area contributed by atoms with Crippen LogP contribution < -0.4 is 0 Å². The molecule has 0 aliphatic rings. The van der Waals surface area contributed by atoms with Gasteiger partial charge in [0.05, 0.1) is 11.0 Å². The van der Waals surface area contributed by atoms with Gasteiger partial charge in [0.1, 0.15) is 5.82 Å². The zero-order valence-corrected chi connectivity index (χ0v) is 27.2. The molecule has 49 heavy (non-hydrogen) atoms. The molecule has 0 aliphatic carbocycles. The number of hydrogen-bond donors (Lipinski definition) is 0. The third kappa shape index (κ3) is 4.31. The second-order valence-corrected chi connectivity index (χ2v) is 13.0. The lowest BCUT2D eigenvalue weighted by Gasteiger charge is -2.14. The lowest BCUT2D eigenvalue weighted by atomic mass is 9.89. The molecule has 0 saturated carbocycles. The first kappa shape index (κ1) is 27.8. The maximum absolute atomic E-state index is 4.95. The normalized spacial score (nSPS) is 11.9. The van der Waals surface area contributed by atoms with Crippen LogP contribution >= 0.6 is 0 Å². The molecule has 2 nitrogen and oxygen atoms in total. The van der Waals surface area contributed by atoms with Gasteiger partial charge in [0, 0.05) is 12.1 Å². The molecule has 0 N–H and O–H groups in total. The number of nitrogens with zero attached hydrogens (tertiary/aromatic N) is 2. The molecule has 0 radical (unpaired) electrons. The van der Waals surface area contributed by atoms with Crippen molar-refractivity contribution in [3.63, 3.8) is 0 Å². The van der Waals surface area contributed by atoms with Crippen LogP contribution in [0.4, 0.5) is 0 Å². The summed E-state index contributed by atoms with van der Waals surface area (Å²) in [6.45, 7) is 3.06. The van der Waals surface area contributed by atoms with E-state index >= 15 is 0 Å². The summed E-state index contributed by atoms with van der Waals surface area (Å²) in [4.78, 5) is 4.95. The summed E-state index contributed by atoms with van der Waals surface area (Å²) in [6.07, 6.45) is 0. The van der Waals surface area contributed by atoms with Crippen molar-refractivity contribution in [2.45, 2.75) is 13.5 Å². The Kier molecular flexibility index (Phi) is 6.19. The molecule has 10 rings (SSSR count). The van der Waals surface area contributed by atoms with Gasteiger partial charge in [0.25, 0.3) is 0 Å². The molecule has 0 saturated heterocycles. The molecular weight excluding hydrogens is 593 g/mol. The van der Waals surface area contributed by atoms with Gasteiger partial charge in [0.15, 0.2) is 0 Å². The molecule has 2 heteroatoms. The fraction of sp³-hybridized carbons (Fsp3) is 0.0426. The predicted octanol–water partition coefficient (Wildman–Crippen LogP) is 12.8. The van der Waals surface area contributed by atoms with Crippen molar-refractivity contribution in [1.29, 1.82) is 0 Å². The lowest BCUT2D eigenvalue weighted by molar-refractivity contribution is 0.796. The van der Waals surface area contributed by atoms with Crippen molar-refractivity contribution < 1.29 is 0 Å². The van der Waals surface area contributed by atoms with E-state index in [9.17, 15) is 0 Å². The highest BCUT2D eigenvalue weighted by atomic mass is 15.1. The Labute approximate surface area is 284 Å². The van der Waals surface area contributed by atoms with E-state index < -0.39 is 0 Å². The van der Waals surface area contributed by atoms with E-state index in [0.717, 1.165) is 23.4 Å². The first-order valence-corrected chi connectivity index (χ1v) is 17.1. The fourth-order valence-corrected chi connectivity index (χ4v) is 8.02. The third-order valence-electron chi connectivity index (χ3n) is 10.4. The summed E-state index contributed by atoms with van der Waals surface area (Å²) >= 11 is 0. The molecule has 1 heterocycles. The number of aryl methyl sites for hydroxylation is 1. The van der Waals surface area contributed by atoms with Crippen LogP contribution in [0.25, 0.3) is 98.5 Å². The van der Waals surface area contributed by atoms with E-state index in [0.29, 0.717) is 0 Å². The molecule has 0 bridgehead atoms. The summed E-state index contributed by atoms with van der Waals surface area (Å²) in [5.74, 6) is 1.02. The molecule has 9 aromatic carbocycles. The maximum Gasteiger partial charge on any atom is 0.141 e. The summed E-state index contributed by atoms with van der Waals surface area (Å²) in [5.41, 5.74) is 8.17. The Morgan fingerprint density at radius 1 is 0.408 bits per heavy atom. The van der Waals surface area contributed by atoms with E-state index in [1.54, 1.807) is 0 Å².